The van der Waals surface area contributed by atoms with E-state index in [0.29, 0.717) is 15.5 Å². The minimum Gasteiger partial charge on any atom is -0.478 e. The SMILES string of the molecule is CCCc1c(/C=C/c2ccccc2C)oc2ccc(C(=O)O)cc2c1=S. The van der Waals surface area contributed by atoms with Gasteiger partial charge < -0.3 is 9.52 Å². The molecular formula is C22H20O3S. The van der Waals surface area contributed by atoms with E-state index in [1.54, 1.807) is 12.1 Å². The van der Waals surface area contributed by atoms with Crippen molar-refractivity contribution >= 4 is 41.3 Å². The highest BCUT2D eigenvalue weighted by Crippen LogP contribution is 2.27. The second-order valence-corrected chi connectivity index (χ2v) is 6.64. The van der Waals surface area contributed by atoms with Gasteiger partial charge in [-0.05, 0) is 48.7 Å². The predicted molar refractivity (Wildman–Crippen MR) is 108 cm³/mol. The quantitative estimate of drug-likeness (QED) is 0.540. The van der Waals surface area contributed by atoms with Gasteiger partial charge >= 0.3 is 5.97 Å². The van der Waals surface area contributed by atoms with E-state index < -0.39 is 5.97 Å². The number of hydrogen-bond acceptors (Lipinski definition) is 3. The molecule has 0 aliphatic rings. The fourth-order valence-corrected chi connectivity index (χ4v) is 3.31. The van der Waals surface area contributed by atoms with Crippen LogP contribution in [0.15, 0.2) is 46.9 Å². The van der Waals surface area contributed by atoms with E-state index in [1.165, 1.54) is 11.6 Å². The zero-order valence-electron chi connectivity index (χ0n) is 14.8. The zero-order chi connectivity index (χ0) is 18.7. The number of carbonyl (C=O) groups is 1. The Morgan fingerprint density at radius 3 is 2.65 bits per heavy atom. The molecule has 4 heteroatoms. The van der Waals surface area contributed by atoms with Crippen LogP contribution in [-0.2, 0) is 6.42 Å². The van der Waals surface area contributed by atoms with Crippen molar-refractivity contribution in [3.8, 4) is 0 Å². The maximum Gasteiger partial charge on any atom is 0.335 e. The summed E-state index contributed by atoms with van der Waals surface area (Å²) in [6.07, 6.45) is 5.69. The van der Waals surface area contributed by atoms with Gasteiger partial charge in [0.05, 0.1) is 10.1 Å². The number of carboxylic acid groups (broad SMARTS) is 1. The lowest BCUT2D eigenvalue weighted by Crippen LogP contribution is -1.97. The number of fused-ring (bicyclic) bond motifs is 1. The maximum atomic E-state index is 11.2. The summed E-state index contributed by atoms with van der Waals surface area (Å²) >= 11 is 5.66. The molecule has 132 valence electrons. The molecule has 1 aromatic heterocycles. The Labute approximate surface area is 157 Å². The summed E-state index contributed by atoms with van der Waals surface area (Å²) in [5, 5.41) is 9.90. The summed E-state index contributed by atoms with van der Waals surface area (Å²) in [5.74, 6) is -0.238. The summed E-state index contributed by atoms with van der Waals surface area (Å²) in [6, 6.07) is 12.9. The molecular weight excluding hydrogens is 344 g/mol. The van der Waals surface area contributed by atoms with Crippen LogP contribution >= 0.6 is 12.2 Å². The molecule has 0 radical (unpaired) electrons. The Hall–Kier alpha value is -2.72. The van der Waals surface area contributed by atoms with Gasteiger partial charge in [0.1, 0.15) is 11.3 Å². The van der Waals surface area contributed by atoms with Crippen LogP contribution in [0.2, 0.25) is 0 Å². The van der Waals surface area contributed by atoms with Crippen LogP contribution in [0.1, 0.15) is 46.2 Å². The van der Waals surface area contributed by atoms with E-state index in [2.05, 4.69) is 26.0 Å². The number of aromatic carboxylic acids is 1. The predicted octanol–water partition coefficient (Wildman–Crippen LogP) is 6.29. The molecule has 0 saturated carbocycles. The van der Waals surface area contributed by atoms with Crippen LogP contribution in [0.3, 0.4) is 0 Å². The summed E-state index contributed by atoms with van der Waals surface area (Å²) in [7, 11) is 0. The van der Waals surface area contributed by atoms with Crippen molar-refractivity contribution in [2.24, 2.45) is 0 Å². The molecule has 0 amide bonds. The Morgan fingerprint density at radius 2 is 1.96 bits per heavy atom. The third-order valence-corrected chi connectivity index (χ3v) is 4.83. The lowest BCUT2D eigenvalue weighted by molar-refractivity contribution is 0.0697. The van der Waals surface area contributed by atoms with E-state index in [0.717, 1.165) is 29.7 Å². The average molecular weight is 364 g/mol. The van der Waals surface area contributed by atoms with Crippen LogP contribution in [0.5, 0.6) is 0 Å². The molecule has 0 fully saturated rings. The summed E-state index contributed by atoms with van der Waals surface area (Å²) < 4.78 is 6.74. The fourth-order valence-electron chi connectivity index (χ4n) is 2.94. The van der Waals surface area contributed by atoms with Crippen LogP contribution in [0, 0.1) is 11.4 Å². The van der Waals surface area contributed by atoms with Crippen molar-refractivity contribution < 1.29 is 14.3 Å². The maximum absolute atomic E-state index is 11.2. The topological polar surface area (TPSA) is 50.4 Å². The van der Waals surface area contributed by atoms with Gasteiger partial charge in [-0.1, -0.05) is 55.9 Å². The molecule has 3 aromatic rings. The highest BCUT2D eigenvalue weighted by atomic mass is 32.1. The van der Waals surface area contributed by atoms with E-state index in [1.807, 2.05) is 24.3 Å². The lowest BCUT2D eigenvalue weighted by atomic mass is 10.0. The van der Waals surface area contributed by atoms with E-state index in [-0.39, 0.29) is 5.56 Å². The molecule has 0 atom stereocenters. The molecule has 1 N–H and O–H groups in total. The summed E-state index contributed by atoms with van der Waals surface area (Å²) in [6.45, 7) is 4.15. The molecule has 3 nitrogen and oxygen atoms in total. The smallest absolute Gasteiger partial charge is 0.335 e. The first kappa shape index (κ1) is 18.1. The third kappa shape index (κ3) is 3.60. The van der Waals surface area contributed by atoms with Gasteiger partial charge in [0.25, 0.3) is 0 Å². The van der Waals surface area contributed by atoms with Gasteiger partial charge in [0.2, 0.25) is 0 Å². The number of aryl methyl sites for hydroxylation is 1. The molecule has 0 bridgehead atoms. The van der Waals surface area contributed by atoms with E-state index in [4.69, 9.17) is 16.6 Å². The molecule has 0 aliphatic carbocycles. The van der Waals surface area contributed by atoms with Crippen molar-refractivity contribution in [3.63, 3.8) is 0 Å². The van der Waals surface area contributed by atoms with Crippen molar-refractivity contribution in [2.45, 2.75) is 26.7 Å². The minimum atomic E-state index is -0.970. The highest BCUT2D eigenvalue weighted by molar-refractivity contribution is 7.71. The second kappa shape index (κ2) is 7.67. The monoisotopic (exact) mass is 364 g/mol. The van der Waals surface area contributed by atoms with Crippen LogP contribution < -0.4 is 0 Å². The standard InChI is InChI=1S/C22H20O3S/c1-3-6-17-19(11-9-15-8-5-4-7-14(15)2)25-20-12-10-16(22(23)24)13-18(20)21(17)26/h4-5,7-13H,3,6H2,1-2H3,(H,23,24)/b11-9+. The Kier molecular flexibility index (Phi) is 5.33. The third-order valence-electron chi connectivity index (χ3n) is 4.37. The summed E-state index contributed by atoms with van der Waals surface area (Å²) in [4.78, 5) is 11.2. The highest BCUT2D eigenvalue weighted by Gasteiger charge is 2.12. The zero-order valence-corrected chi connectivity index (χ0v) is 15.6. The van der Waals surface area contributed by atoms with Crippen LogP contribution in [-0.4, -0.2) is 11.1 Å². The van der Waals surface area contributed by atoms with Crippen molar-refractivity contribution in [3.05, 3.63) is 75.0 Å². The van der Waals surface area contributed by atoms with E-state index in [9.17, 15) is 9.90 Å². The van der Waals surface area contributed by atoms with Gasteiger partial charge in [-0.2, -0.15) is 0 Å². The van der Waals surface area contributed by atoms with Gasteiger partial charge in [-0.25, -0.2) is 4.79 Å². The van der Waals surface area contributed by atoms with Crippen LogP contribution in [0.4, 0.5) is 0 Å². The Morgan fingerprint density at radius 1 is 1.19 bits per heavy atom. The first-order valence-electron chi connectivity index (χ1n) is 8.58. The first-order chi connectivity index (χ1) is 12.5. The first-order valence-corrected chi connectivity index (χ1v) is 8.99. The van der Waals surface area contributed by atoms with Gasteiger partial charge in [0, 0.05) is 10.9 Å². The average Bonchev–Trinajstić information content (AvgIpc) is 2.63. The molecule has 0 aliphatic heterocycles. The molecule has 0 saturated heterocycles. The fraction of sp³-hybridized carbons (Fsp3) is 0.182. The Balaban J connectivity index is 2.17. The number of rotatable bonds is 5. The molecule has 26 heavy (non-hydrogen) atoms. The normalized spacial score (nSPS) is 11.3. The minimum absolute atomic E-state index is 0.212. The molecule has 0 unspecified atom stereocenters. The van der Waals surface area contributed by atoms with Crippen molar-refractivity contribution in [2.75, 3.05) is 0 Å². The van der Waals surface area contributed by atoms with Gasteiger partial charge in [-0.15, -0.1) is 0 Å². The number of hydrogen-bond donors (Lipinski definition) is 1. The lowest BCUT2D eigenvalue weighted by Gasteiger charge is -2.09. The second-order valence-electron chi connectivity index (χ2n) is 6.23. The number of benzene rings is 2. The van der Waals surface area contributed by atoms with Crippen LogP contribution in [0.25, 0.3) is 23.1 Å². The molecule has 1 heterocycles. The largest absolute Gasteiger partial charge is 0.478 e. The Bertz CT molecular complexity index is 1060. The molecule has 3 rings (SSSR count). The van der Waals surface area contributed by atoms with E-state index >= 15 is 0 Å². The van der Waals surface area contributed by atoms with Crippen molar-refractivity contribution in [1.29, 1.82) is 0 Å². The summed E-state index contributed by atoms with van der Waals surface area (Å²) in [5.41, 5.74) is 4.07. The molecule has 0 spiro atoms. The molecule has 2 aromatic carbocycles. The van der Waals surface area contributed by atoms with Crippen molar-refractivity contribution in [1.82, 2.24) is 0 Å². The van der Waals surface area contributed by atoms with Gasteiger partial charge in [-0.3, -0.25) is 0 Å². The van der Waals surface area contributed by atoms with Gasteiger partial charge in [0.15, 0.2) is 0 Å². The number of carboxylic acids is 1.